The maximum atomic E-state index is 12.9. The van der Waals surface area contributed by atoms with Gasteiger partial charge in [-0.05, 0) is 43.2 Å². The fourth-order valence-corrected chi connectivity index (χ4v) is 3.91. The Morgan fingerprint density at radius 1 is 1.03 bits per heavy atom. The Morgan fingerprint density at radius 3 is 2.60 bits per heavy atom. The number of nitrogens with one attached hydrogen (secondary N) is 1. The summed E-state index contributed by atoms with van der Waals surface area (Å²) >= 11 is 0. The Labute approximate surface area is 172 Å². The molecule has 2 aromatic heterocycles. The van der Waals surface area contributed by atoms with E-state index in [-0.39, 0.29) is 24.2 Å². The summed E-state index contributed by atoms with van der Waals surface area (Å²) in [7, 11) is 0. The van der Waals surface area contributed by atoms with Crippen LogP contribution < -0.4 is 15.0 Å². The number of hydrogen-bond acceptors (Lipinski definition) is 6. The minimum atomic E-state index is -0.175. The Kier molecular flexibility index (Phi) is 4.66. The minimum Gasteiger partial charge on any atom is -0.454 e. The molecule has 1 aromatic carbocycles. The molecule has 1 amide bonds. The molecule has 1 saturated heterocycles. The highest BCUT2D eigenvalue weighted by Gasteiger charge is 2.27. The quantitative estimate of drug-likeness (QED) is 0.721. The van der Waals surface area contributed by atoms with Gasteiger partial charge in [0.25, 0.3) is 11.5 Å². The molecule has 5 rings (SSSR count). The maximum absolute atomic E-state index is 12.9. The third-order valence-corrected chi connectivity index (χ3v) is 5.52. The standard InChI is InChI=1S/C22H20N4O4/c27-20-12-17(14-3-7-23-8-4-14)24-21(25-20)15-5-9-26(10-6-15)22(28)16-1-2-18-19(11-16)30-13-29-18/h1-4,7-8,11-12,15H,5-6,9-10,13H2,(H,24,25,27). The van der Waals surface area contributed by atoms with E-state index in [0.717, 1.165) is 18.4 Å². The number of fused-ring (bicyclic) bond motifs is 1. The van der Waals surface area contributed by atoms with Crippen molar-refractivity contribution in [3.8, 4) is 22.8 Å². The number of hydrogen-bond donors (Lipinski definition) is 1. The molecule has 0 unspecified atom stereocenters. The molecule has 1 N–H and O–H groups in total. The predicted molar refractivity (Wildman–Crippen MR) is 109 cm³/mol. The number of nitrogens with zero attached hydrogens (tertiary/aromatic N) is 3. The molecule has 30 heavy (non-hydrogen) atoms. The lowest BCUT2D eigenvalue weighted by Crippen LogP contribution is -2.38. The molecule has 2 aliphatic rings. The summed E-state index contributed by atoms with van der Waals surface area (Å²) in [5.41, 5.74) is 1.90. The van der Waals surface area contributed by atoms with Gasteiger partial charge in [-0.15, -0.1) is 0 Å². The van der Waals surface area contributed by atoms with Crippen LogP contribution in [0.15, 0.2) is 53.6 Å². The van der Waals surface area contributed by atoms with Gasteiger partial charge in [-0.3, -0.25) is 14.6 Å². The van der Waals surface area contributed by atoms with Gasteiger partial charge in [0.1, 0.15) is 5.82 Å². The van der Waals surface area contributed by atoms with Crippen molar-refractivity contribution in [1.29, 1.82) is 0 Å². The zero-order chi connectivity index (χ0) is 20.5. The Bertz CT molecular complexity index is 1140. The smallest absolute Gasteiger partial charge is 0.253 e. The zero-order valence-corrected chi connectivity index (χ0v) is 16.2. The molecule has 152 valence electrons. The van der Waals surface area contributed by atoms with E-state index in [2.05, 4.69) is 15.0 Å². The van der Waals surface area contributed by atoms with E-state index in [4.69, 9.17) is 9.47 Å². The molecule has 0 radical (unpaired) electrons. The first kappa shape index (κ1) is 18.4. The second-order valence-corrected chi connectivity index (χ2v) is 7.39. The summed E-state index contributed by atoms with van der Waals surface area (Å²) in [4.78, 5) is 38.5. The molecule has 8 nitrogen and oxygen atoms in total. The topological polar surface area (TPSA) is 97.4 Å². The molecule has 0 spiro atoms. The largest absolute Gasteiger partial charge is 0.454 e. The number of aromatic nitrogens is 3. The van der Waals surface area contributed by atoms with Crippen LogP contribution in [0.5, 0.6) is 11.5 Å². The van der Waals surface area contributed by atoms with E-state index >= 15 is 0 Å². The maximum Gasteiger partial charge on any atom is 0.253 e. The van der Waals surface area contributed by atoms with Crippen molar-refractivity contribution in [3.63, 3.8) is 0 Å². The van der Waals surface area contributed by atoms with Crippen LogP contribution >= 0.6 is 0 Å². The molecular weight excluding hydrogens is 384 g/mol. The van der Waals surface area contributed by atoms with E-state index in [1.54, 1.807) is 30.6 Å². The van der Waals surface area contributed by atoms with Gasteiger partial charge < -0.3 is 19.4 Å². The first-order valence-electron chi connectivity index (χ1n) is 9.88. The monoisotopic (exact) mass is 404 g/mol. The highest BCUT2D eigenvalue weighted by atomic mass is 16.7. The van der Waals surface area contributed by atoms with E-state index in [1.165, 1.54) is 6.07 Å². The van der Waals surface area contributed by atoms with Gasteiger partial charge in [0.05, 0.1) is 5.69 Å². The lowest BCUT2D eigenvalue weighted by Gasteiger charge is -2.31. The Hall–Kier alpha value is -3.68. The molecule has 8 heteroatoms. The second-order valence-electron chi connectivity index (χ2n) is 7.39. The van der Waals surface area contributed by atoms with Crippen LogP contribution in [-0.4, -0.2) is 45.6 Å². The number of amides is 1. The number of likely N-dealkylation sites (tertiary alicyclic amines) is 1. The summed E-state index contributed by atoms with van der Waals surface area (Å²) in [6.07, 6.45) is 4.83. The normalized spacial score (nSPS) is 15.9. The van der Waals surface area contributed by atoms with Gasteiger partial charge in [0.2, 0.25) is 6.79 Å². The number of piperidine rings is 1. The lowest BCUT2D eigenvalue weighted by molar-refractivity contribution is 0.0710. The van der Waals surface area contributed by atoms with Crippen molar-refractivity contribution in [2.75, 3.05) is 19.9 Å². The van der Waals surface area contributed by atoms with Crippen LogP contribution in [-0.2, 0) is 0 Å². The third kappa shape index (κ3) is 3.52. The number of aromatic amines is 1. The Balaban J connectivity index is 1.30. The van der Waals surface area contributed by atoms with E-state index in [1.807, 2.05) is 17.0 Å². The summed E-state index contributed by atoms with van der Waals surface area (Å²) in [6.45, 7) is 1.38. The van der Waals surface area contributed by atoms with Crippen LogP contribution in [0, 0.1) is 0 Å². The summed E-state index contributed by atoms with van der Waals surface area (Å²) in [5.74, 6) is 2.00. The molecule has 1 fully saturated rings. The summed E-state index contributed by atoms with van der Waals surface area (Å²) < 4.78 is 10.7. The van der Waals surface area contributed by atoms with Crippen LogP contribution in [0.1, 0.15) is 34.9 Å². The van der Waals surface area contributed by atoms with Crippen molar-refractivity contribution in [2.24, 2.45) is 0 Å². The lowest BCUT2D eigenvalue weighted by atomic mass is 9.95. The second kappa shape index (κ2) is 7.62. The van der Waals surface area contributed by atoms with E-state index in [0.29, 0.717) is 41.7 Å². The van der Waals surface area contributed by atoms with Crippen LogP contribution in [0.25, 0.3) is 11.3 Å². The summed E-state index contributed by atoms with van der Waals surface area (Å²) in [5, 5.41) is 0. The molecule has 2 aliphatic heterocycles. The van der Waals surface area contributed by atoms with Gasteiger partial charge in [-0.25, -0.2) is 4.98 Å². The molecule has 0 bridgehead atoms. The number of carbonyl (C=O) groups is 1. The highest BCUT2D eigenvalue weighted by molar-refractivity contribution is 5.95. The van der Waals surface area contributed by atoms with Crippen molar-refractivity contribution in [1.82, 2.24) is 19.9 Å². The fourth-order valence-electron chi connectivity index (χ4n) is 3.91. The van der Waals surface area contributed by atoms with Gasteiger partial charge in [0, 0.05) is 48.6 Å². The number of benzene rings is 1. The van der Waals surface area contributed by atoms with Crippen molar-refractivity contribution < 1.29 is 14.3 Å². The molecule has 0 atom stereocenters. The third-order valence-electron chi connectivity index (χ3n) is 5.52. The van der Waals surface area contributed by atoms with E-state index in [9.17, 15) is 9.59 Å². The van der Waals surface area contributed by atoms with Crippen LogP contribution in [0.3, 0.4) is 0 Å². The molecule has 0 aliphatic carbocycles. The molecular formula is C22H20N4O4. The van der Waals surface area contributed by atoms with Crippen molar-refractivity contribution in [3.05, 3.63) is 70.5 Å². The average Bonchev–Trinajstić information content (AvgIpc) is 3.27. The van der Waals surface area contributed by atoms with Crippen LogP contribution in [0.2, 0.25) is 0 Å². The fraction of sp³-hybridized carbons (Fsp3) is 0.273. The van der Waals surface area contributed by atoms with Gasteiger partial charge in [0.15, 0.2) is 11.5 Å². The van der Waals surface area contributed by atoms with Crippen molar-refractivity contribution >= 4 is 5.91 Å². The highest BCUT2D eigenvalue weighted by Crippen LogP contribution is 2.33. The molecule has 4 heterocycles. The zero-order valence-electron chi connectivity index (χ0n) is 16.2. The molecule has 3 aromatic rings. The first-order valence-corrected chi connectivity index (χ1v) is 9.88. The SMILES string of the molecule is O=C(c1ccc2c(c1)OCO2)N1CCC(c2nc(-c3ccncc3)cc(=O)[nH]2)CC1. The van der Waals surface area contributed by atoms with E-state index < -0.39 is 0 Å². The van der Waals surface area contributed by atoms with Gasteiger partial charge in [-0.1, -0.05) is 0 Å². The van der Waals surface area contributed by atoms with Gasteiger partial charge >= 0.3 is 0 Å². The van der Waals surface area contributed by atoms with Crippen LogP contribution in [0.4, 0.5) is 0 Å². The summed E-state index contributed by atoms with van der Waals surface area (Å²) in [6, 6.07) is 10.4. The van der Waals surface area contributed by atoms with Gasteiger partial charge in [-0.2, -0.15) is 0 Å². The number of carbonyl (C=O) groups excluding carboxylic acids is 1. The minimum absolute atomic E-state index is 0.0289. The number of H-pyrrole nitrogens is 1. The number of ether oxygens (including phenoxy) is 2. The predicted octanol–water partition coefficient (Wildman–Crippen LogP) is 2.58. The average molecular weight is 404 g/mol. The van der Waals surface area contributed by atoms with Crippen molar-refractivity contribution in [2.45, 2.75) is 18.8 Å². The Morgan fingerprint density at radius 2 is 1.80 bits per heavy atom. The molecule has 0 saturated carbocycles. The number of pyridine rings is 1. The number of rotatable bonds is 3. The first-order chi connectivity index (χ1) is 14.7.